The average Bonchev–Trinajstić information content (AvgIpc) is 2.81. The van der Waals surface area contributed by atoms with E-state index in [-0.39, 0.29) is 23.2 Å². The highest BCUT2D eigenvalue weighted by Gasteiger charge is 2.24. The lowest BCUT2D eigenvalue weighted by atomic mass is 9.95. The zero-order valence-electron chi connectivity index (χ0n) is 17.9. The molecule has 0 spiro atoms. The fourth-order valence-electron chi connectivity index (χ4n) is 4.33. The Morgan fingerprint density at radius 2 is 1.69 bits per heavy atom. The van der Waals surface area contributed by atoms with E-state index in [4.69, 9.17) is 16.3 Å². The van der Waals surface area contributed by atoms with Crippen LogP contribution in [0, 0.1) is 0 Å². The molecular formula is C25H25ClN2O4. The third-order valence-electron chi connectivity index (χ3n) is 5.93. The quantitative estimate of drug-likeness (QED) is 0.579. The summed E-state index contributed by atoms with van der Waals surface area (Å²) in [5, 5.41) is 4.62. The van der Waals surface area contributed by atoms with Gasteiger partial charge in [-0.25, -0.2) is 4.79 Å². The molecule has 1 amide bonds. The van der Waals surface area contributed by atoms with E-state index in [1.165, 1.54) is 18.0 Å². The molecule has 0 bridgehead atoms. The van der Waals surface area contributed by atoms with E-state index in [2.05, 4.69) is 5.32 Å². The molecule has 1 saturated carbocycles. The second-order valence-electron chi connectivity index (χ2n) is 8.12. The van der Waals surface area contributed by atoms with Crippen molar-refractivity contribution in [3.8, 4) is 11.1 Å². The van der Waals surface area contributed by atoms with E-state index < -0.39 is 12.6 Å². The second-order valence-corrected chi connectivity index (χ2v) is 8.56. The van der Waals surface area contributed by atoms with E-state index in [0.29, 0.717) is 21.4 Å². The van der Waals surface area contributed by atoms with Gasteiger partial charge in [0.2, 0.25) is 0 Å². The van der Waals surface area contributed by atoms with Crippen LogP contribution in [0.3, 0.4) is 0 Å². The Hall–Kier alpha value is -3.12. The summed E-state index contributed by atoms with van der Waals surface area (Å²) >= 11 is 6.05. The Morgan fingerprint density at radius 1 is 1.03 bits per heavy atom. The second kappa shape index (κ2) is 9.57. The van der Waals surface area contributed by atoms with Gasteiger partial charge in [0.25, 0.3) is 11.5 Å². The van der Waals surface area contributed by atoms with E-state index in [0.717, 1.165) is 31.2 Å². The number of carbonyl (C=O) groups excluding carboxylic acids is 2. The molecule has 3 aromatic rings. The van der Waals surface area contributed by atoms with Crippen molar-refractivity contribution in [3.05, 3.63) is 69.6 Å². The Kier molecular flexibility index (Phi) is 6.61. The number of pyridine rings is 1. The number of aromatic nitrogens is 1. The number of nitrogens with zero attached hydrogens (tertiary/aromatic N) is 1. The molecular weight excluding hydrogens is 428 g/mol. The number of carbonyl (C=O) groups is 2. The lowest BCUT2D eigenvalue weighted by Crippen LogP contribution is -2.39. The summed E-state index contributed by atoms with van der Waals surface area (Å²) in [6, 6.07) is 14.3. The van der Waals surface area contributed by atoms with E-state index in [1.807, 2.05) is 6.07 Å². The highest BCUT2D eigenvalue weighted by molar-refractivity contribution is 6.30. The number of halogens is 1. The van der Waals surface area contributed by atoms with Crippen molar-refractivity contribution in [2.24, 2.45) is 7.05 Å². The van der Waals surface area contributed by atoms with Gasteiger partial charge in [0.15, 0.2) is 6.61 Å². The normalized spacial score (nSPS) is 14.3. The topological polar surface area (TPSA) is 77.4 Å². The summed E-state index contributed by atoms with van der Waals surface area (Å²) < 4.78 is 6.65. The van der Waals surface area contributed by atoms with Gasteiger partial charge in [-0.1, -0.05) is 61.2 Å². The summed E-state index contributed by atoms with van der Waals surface area (Å²) in [7, 11) is 1.53. The number of ether oxygens (including phenoxy) is 1. The fourth-order valence-corrected chi connectivity index (χ4v) is 4.45. The standard InChI is InChI=1S/C25H25ClN2O4/c1-28-23(25(31)32-15-21(29)27-18-7-3-2-4-8-18)22(16-11-13-17(26)14-12-16)19-9-5-6-10-20(19)24(28)30/h5-6,9-14,18H,2-4,7-8,15H2,1H3,(H,27,29). The molecule has 2 aromatic carbocycles. The molecule has 1 N–H and O–H groups in total. The molecule has 6 nitrogen and oxygen atoms in total. The van der Waals surface area contributed by atoms with Crippen molar-refractivity contribution in [1.82, 2.24) is 9.88 Å². The van der Waals surface area contributed by atoms with Gasteiger partial charge in [-0.05, 0) is 42.0 Å². The molecule has 1 heterocycles. The summed E-state index contributed by atoms with van der Waals surface area (Å²) in [5.74, 6) is -1.05. The summed E-state index contributed by atoms with van der Waals surface area (Å²) in [4.78, 5) is 38.4. The molecule has 4 rings (SSSR count). The minimum Gasteiger partial charge on any atom is -0.451 e. The molecule has 0 saturated heterocycles. The lowest BCUT2D eigenvalue weighted by Gasteiger charge is -2.22. The largest absolute Gasteiger partial charge is 0.451 e. The molecule has 1 fully saturated rings. The average molecular weight is 453 g/mol. The van der Waals surface area contributed by atoms with Gasteiger partial charge in [-0.2, -0.15) is 0 Å². The number of rotatable bonds is 5. The molecule has 0 radical (unpaired) electrons. The first-order chi connectivity index (χ1) is 15.5. The van der Waals surface area contributed by atoms with Crippen LogP contribution in [0.2, 0.25) is 5.02 Å². The Labute approximate surface area is 191 Å². The number of amides is 1. The SMILES string of the molecule is Cn1c(C(=O)OCC(=O)NC2CCCCC2)c(-c2ccc(Cl)cc2)c2ccccc2c1=O. The van der Waals surface area contributed by atoms with Crippen LogP contribution >= 0.6 is 11.6 Å². The molecule has 1 aliphatic carbocycles. The van der Waals surface area contributed by atoms with Crippen molar-refractivity contribution >= 4 is 34.2 Å². The van der Waals surface area contributed by atoms with Crippen molar-refractivity contribution < 1.29 is 14.3 Å². The van der Waals surface area contributed by atoms with Crippen LogP contribution in [0.25, 0.3) is 21.9 Å². The highest BCUT2D eigenvalue weighted by Crippen LogP contribution is 2.31. The minimum atomic E-state index is -0.723. The maximum absolute atomic E-state index is 13.1. The van der Waals surface area contributed by atoms with E-state index in [1.54, 1.807) is 42.5 Å². The van der Waals surface area contributed by atoms with Gasteiger partial charge in [-0.3, -0.25) is 9.59 Å². The smallest absolute Gasteiger partial charge is 0.356 e. The first kappa shape index (κ1) is 22.1. The third kappa shape index (κ3) is 4.55. The molecule has 0 unspecified atom stereocenters. The Morgan fingerprint density at radius 3 is 2.38 bits per heavy atom. The maximum atomic E-state index is 13.1. The van der Waals surface area contributed by atoms with Crippen molar-refractivity contribution in [3.63, 3.8) is 0 Å². The predicted molar refractivity (Wildman–Crippen MR) is 125 cm³/mol. The summed E-state index contributed by atoms with van der Waals surface area (Å²) in [5.41, 5.74) is 1.08. The Balaban J connectivity index is 1.68. The van der Waals surface area contributed by atoms with Crippen LogP contribution in [-0.4, -0.2) is 29.1 Å². The number of nitrogens with one attached hydrogen (secondary N) is 1. The first-order valence-corrected chi connectivity index (χ1v) is 11.2. The van der Waals surface area contributed by atoms with Gasteiger partial charge >= 0.3 is 5.97 Å². The van der Waals surface area contributed by atoms with Crippen LogP contribution in [0.5, 0.6) is 0 Å². The molecule has 0 atom stereocenters. The predicted octanol–water partition coefficient (Wildman–Crippen LogP) is 4.46. The van der Waals surface area contributed by atoms with Gasteiger partial charge in [0, 0.05) is 29.1 Å². The van der Waals surface area contributed by atoms with Crippen molar-refractivity contribution in [2.75, 3.05) is 6.61 Å². The zero-order valence-corrected chi connectivity index (χ0v) is 18.7. The van der Waals surface area contributed by atoms with Crippen molar-refractivity contribution in [2.45, 2.75) is 38.1 Å². The van der Waals surface area contributed by atoms with Gasteiger partial charge in [0.05, 0.1) is 0 Å². The maximum Gasteiger partial charge on any atom is 0.356 e. The van der Waals surface area contributed by atoms with E-state index >= 15 is 0 Å². The monoisotopic (exact) mass is 452 g/mol. The van der Waals surface area contributed by atoms with Crippen LogP contribution < -0.4 is 10.9 Å². The molecule has 166 valence electrons. The number of hydrogen-bond acceptors (Lipinski definition) is 4. The fraction of sp³-hybridized carbons (Fsp3) is 0.320. The zero-order chi connectivity index (χ0) is 22.7. The Bertz CT molecular complexity index is 1210. The molecule has 32 heavy (non-hydrogen) atoms. The minimum absolute atomic E-state index is 0.0986. The number of esters is 1. The van der Waals surface area contributed by atoms with Crippen molar-refractivity contribution in [1.29, 1.82) is 0 Å². The molecule has 7 heteroatoms. The van der Waals surface area contributed by atoms with Gasteiger partial charge in [0.1, 0.15) is 5.69 Å². The number of fused-ring (bicyclic) bond motifs is 1. The highest BCUT2D eigenvalue weighted by atomic mass is 35.5. The molecule has 1 aromatic heterocycles. The number of benzene rings is 2. The molecule has 1 aliphatic rings. The van der Waals surface area contributed by atoms with Gasteiger partial charge in [-0.15, -0.1) is 0 Å². The van der Waals surface area contributed by atoms with Crippen LogP contribution in [0.1, 0.15) is 42.6 Å². The van der Waals surface area contributed by atoms with Crippen LogP contribution in [-0.2, 0) is 16.6 Å². The lowest BCUT2D eigenvalue weighted by molar-refractivity contribution is -0.125. The van der Waals surface area contributed by atoms with Crippen LogP contribution in [0.15, 0.2) is 53.3 Å². The number of hydrogen-bond donors (Lipinski definition) is 1. The van der Waals surface area contributed by atoms with Crippen LogP contribution in [0.4, 0.5) is 0 Å². The third-order valence-corrected chi connectivity index (χ3v) is 6.19. The molecule has 0 aliphatic heterocycles. The van der Waals surface area contributed by atoms with E-state index in [9.17, 15) is 14.4 Å². The van der Waals surface area contributed by atoms with Gasteiger partial charge < -0.3 is 14.6 Å². The summed E-state index contributed by atoms with van der Waals surface area (Å²) in [6.45, 7) is -0.392. The first-order valence-electron chi connectivity index (χ1n) is 10.8. The summed E-state index contributed by atoms with van der Waals surface area (Å²) in [6.07, 6.45) is 5.26.